The molecule has 26 heavy (non-hydrogen) atoms. The summed E-state index contributed by atoms with van der Waals surface area (Å²) >= 11 is 8.83. The van der Waals surface area contributed by atoms with Crippen molar-refractivity contribution in [2.24, 2.45) is 7.05 Å². The first-order chi connectivity index (χ1) is 12.5. The molecule has 1 N–H and O–H groups in total. The van der Waals surface area contributed by atoms with E-state index < -0.39 is 0 Å². The molecule has 0 saturated heterocycles. The van der Waals surface area contributed by atoms with Gasteiger partial charge < -0.3 is 9.88 Å². The fraction of sp³-hybridized carbons (Fsp3) is 0.167. The molecule has 0 atom stereocenters. The lowest BCUT2D eigenvalue weighted by Gasteiger charge is -2.04. The molecule has 0 aliphatic carbocycles. The number of hydrogen-bond donors (Lipinski definition) is 1. The van der Waals surface area contributed by atoms with Crippen molar-refractivity contribution in [2.45, 2.75) is 13.5 Å². The molecule has 4 aromatic rings. The third-order valence-electron chi connectivity index (χ3n) is 4.07. The Kier molecular flexibility index (Phi) is 4.52. The Morgan fingerprint density at radius 2 is 2.00 bits per heavy atom. The van der Waals surface area contributed by atoms with E-state index in [0.717, 1.165) is 32.4 Å². The van der Waals surface area contributed by atoms with Gasteiger partial charge in [-0.05, 0) is 31.2 Å². The van der Waals surface area contributed by atoms with Gasteiger partial charge in [0, 0.05) is 7.05 Å². The van der Waals surface area contributed by atoms with E-state index in [0.29, 0.717) is 15.8 Å². The summed E-state index contributed by atoms with van der Waals surface area (Å²) in [6.07, 6.45) is 0. The molecule has 0 saturated carbocycles. The predicted octanol–water partition coefficient (Wildman–Crippen LogP) is 4.65. The van der Waals surface area contributed by atoms with E-state index in [1.165, 1.54) is 22.7 Å². The van der Waals surface area contributed by atoms with Crippen LogP contribution in [0.2, 0.25) is 4.34 Å². The van der Waals surface area contributed by atoms with Crippen LogP contribution in [0.3, 0.4) is 0 Å². The number of carbonyl (C=O) groups is 1. The molecule has 0 fully saturated rings. The number of benzene rings is 1. The summed E-state index contributed by atoms with van der Waals surface area (Å²) in [5, 5.41) is 3.77. The zero-order valence-corrected chi connectivity index (χ0v) is 16.5. The first kappa shape index (κ1) is 17.2. The number of hydrogen-bond acceptors (Lipinski definition) is 5. The molecule has 0 radical (unpaired) electrons. The lowest BCUT2D eigenvalue weighted by atomic mass is 10.3. The molecular weight excluding hydrogens is 388 g/mol. The molecule has 0 unspecified atom stereocenters. The second-order valence-corrected chi connectivity index (χ2v) is 8.51. The first-order valence-corrected chi connectivity index (χ1v) is 9.95. The van der Waals surface area contributed by atoms with E-state index >= 15 is 0 Å². The second-order valence-electron chi connectivity index (χ2n) is 5.80. The first-order valence-electron chi connectivity index (χ1n) is 7.94. The minimum absolute atomic E-state index is 0.138. The zero-order valence-electron chi connectivity index (χ0n) is 14.1. The molecule has 0 bridgehead atoms. The number of halogens is 1. The summed E-state index contributed by atoms with van der Waals surface area (Å²) < 4.78 is 2.70. The third kappa shape index (κ3) is 3.13. The summed E-state index contributed by atoms with van der Waals surface area (Å²) in [4.78, 5) is 23.3. The van der Waals surface area contributed by atoms with E-state index in [4.69, 9.17) is 11.6 Å². The van der Waals surface area contributed by atoms with Gasteiger partial charge in [-0.15, -0.1) is 22.7 Å². The molecule has 0 aliphatic rings. The number of carbonyl (C=O) groups excluding carboxylic acids is 1. The van der Waals surface area contributed by atoms with Crippen LogP contribution in [-0.4, -0.2) is 20.4 Å². The Labute approximate surface area is 163 Å². The molecule has 1 aromatic carbocycles. The fourth-order valence-corrected chi connectivity index (χ4v) is 4.82. The average molecular weight is 403 g/mol. The highest BCUT2D eigenvalue weighted by atomic mass is 35.5. The third-order valence-corrected chi connectivity index (χ3v) is 6.63. The van der Waals surface area contributed by atoms with Gasteiger partial charge in [0.1, 0.15) is 15.7 Å². The van der Waals surface area contributed by atoms with Crippen molar-refractivity contribution in [1.82, 2.24) is 19.9 Å². The number of aromatic nitrogens is 3. The summed E-state index contributed by atoms with van der Waals surface area (Å²) in [7, 11) is 1.95. The Morgan fingerprint density at radius 1 is 1.19 bits per heavy atom. The highest BCUT2D eigenvalue weighted by Crippen LogP contribution is 2.34. The number of rotatable bonds is 4. The summed E-state index contributed by atoms with van der Waals surface area (Å²) in [5.74, 6) is 0.674. The monoisotopic (exact) mass is 402 g/mol. The molecule has 3 heterocycles. The van der Waals surface area contributed by atoms with Crippen LogP contribution < -0.4 is 5.32 Å². The van der Waals surface area contributed by atoms with Crippen LogP contribution in [0.25, 0.3) is 20.9 Å². The van der Waals surface area contributed by atoms with E-state index in [1.807, 2.05) is 54.9 Å². The number of thiazole rings is 1. The van der Waals surface area contributed by atoms with Crippen LogP contribution in [0, 0.1) is 6.92 Å². The highest BCUT2D eigenvalue weighted by Gasteiger charge is 2.18. The van der Waals surface area contributed by atoms with Crippen molar-refractivity contribution >= 4 is 51.2 Å². The molecule has 3 aromatic heterocycles. The van der Waals surface area contributed by atoms with Crippen LogP contribution in [-0.2, 0) is 13.6 Å². The predicted molar refractivity (Wildman–Crippen MR) is 107 cm³/mol. The number of amides is 1. The maximum atomic E-state index is 12.6. The van der Waals surface area contributed by atoms with Gasteiger partial charge >= 0.3 is 0 Å². The lowest BCUT2D eigenvalue weighted by Crippen LogP contribution is -2.24. The van der Waals surface area contributed by atoms with Crippen molar-refractivity contribution in [2.75, 3.05) is 0 Å². The van der Waals surface area contributed by atoms with Crippen molar-refractivity contribution < 1.29 is 4.79 Å². The average Bonchev–Trinajstić information content (AvgIpc) is 3.31. The van der Waals surface area contributed by atoms with Crippen molar-refractivity contribution in [1.29, 1.82) is 0 Å². The number of nitrogens with zero attached hydrogens (tertiary/aromatic N) is 3. The van der Waals surface area contributed by atoms with Gasteiger partial charge in [-0.1, -0.05) is 23.7 Å². The molecule has 5 nitrogen and oxygen atoms in total. The molecule has 8 heteroatoms. The summed E-state index contributed by atoms with van der Waals surface area (Å²) in [6.45, 7) is 2.21. The van der Waals surface area contributed by atoms with Gasteiger partial charge in [-0.25, -0.2) is 9.97 Å². The van der Waals surface area contributed by atoms with E-state index in [-0.39, 0.29) is 5.91 Å². The quantitative estimate of drug-likeness (QED) is 0.540. The Hall–Kier alpha value is -2.22. The fourth-order valence-electron chi connectivity index (χ4n) is 2.73. The lowest BCUT2D eigenvalue weighted by molar-refractivity contribution is 0.0953. The standard InChI is InChI=1S/C18H15ClN4OS2/c1-10-16(26-18(21-10)13-7-8-14(19)25-13)17(24)20-9-15-22-11-5-3-4-6-12(11)23(15)2/h3-8H,9H2,1-2H3,(H,20,24). The number of thiophene rings is 1. The molecule has 4 rings (SSSR count). The van der Waals surface area contributed by atoms with Crippen LogP contribution in [0.4, 0.5) is 0 Å². The SMILES string of the molecule is Cc1nc(-c2ccc(Cl)s2)sc1C(=O)NCc1nc2ccccc2n1C. The van der Waals surface area contributed by atoms with E-state index in [9.17, 15) is 4.79 Å². The second kappa shape index (κ2) is 6.83. The van der Waals surface area contributed by atoms with E-state index in [2.05, 4.69) is 15.3 Å². The van der Waals surface area contributed by atoms with Crippen LogP contribution in [0.5, 0.6) is 0 Å². The maximum Gasteiger partial charge on any atom is 0.263 e. The number of fused-ring (bicyclic) bond motifs is 1. The summed E-state index contributed by atoms with van der Waals surface area (Å²) in [6, 6.07) is 11.7. The largest absolute Gasteiger partial charge is 0.344 e. The number of imidazole rings is 1. The Morgan fingerprint density at radius 3 is 2.73 bits per heavy atom. The number of para-hydroxylation sites is 2. The minimum Gasteiger partial charge on any atom is -0.344 e. The minimum atomic E-state index is -0.138. The van der Waals surface area contributed by atoms with Crippen molar-refractivity contribution in [3.05, 3.63) is 57.1 Å². The maximum absolute atomic E-state index is 12.6. The van der Waals surface area contributed by atoms with Crippen molar-refractivity contribution in [3.8, 4) is 9.88 Å². The molecular formula is C18H15ClN4OS2. The van der Waals surface area contributed by atoms with Gasteiger partial charge in [0.15, 0.2) is 0 Å². The van der Waals surface area contributed by atoms with Gasteiger partial charge in [-0.2, -0.15) is 0 Å². The van der Waals surface area contributed by atoms with Gasteiger partial charge in [0.25, 0.3) is 5.91 Å². The van der Waals surface area contributed by atoms with Gasteiger partial charge in [0.05, 0.1) is 32.5 Å². The molecule has 1 amide bonds. The summed E-state index contributed by atoms with van der Waals surface area (Å²) in [5.41, 5.74) is 2.68. The molecule has 0 spiro atoms. The van der Waals surface area contributed by atoms with Crippen LogP contribution in [0.15, 0.2) is 36.4 Å². The van der Waals surface area contributed by atoms with E-state index in [1.54, 1.807) is 0 Å². The molecule has 132 valence electrons. The van der Waals surface area contributed by atoms with Gasteiger partial charge in [-0.3, -0.25) is 4.79 Å². The van der Waals surface area contributed by atoms with Crippen LogP contribution >= 0.6 is 34.3 Å². The Bertz CT molecular complexity index is 1110. The number of aryl methyl sites for hydroxylation is 2. The van der Waals surface area contributed by atoms with Crippen molar-refractivity contribution in [3.63, 3.8) is 0 Å². The van der Waals surface area contributed by atoms with Crippen LogP contribution in [0.1, 0.15) is 21.2 Å². The zero-order chi connectivity index (χ0) is 18.3. The topological polar surface area (TPSA) is 59.8 Å². The molecule has 0 aliphatic heterocycles. The smallest absolute Gasteiger partial charge is 0.263 e. The van der Waals surface area contributed by atoms with Gasteiger partial charge in [0.2, 0.25) is 0 Å². The highest BCUT2D eigenvalue weighted by molar-refractivity contribution is 7.24. The number of nitrogens with one attached hydrogen (secondary N) is 1. The Balaban J connectivity index is 1.53. The normalized spacial score (nSPS) is 11.2.